The molecule has 15 heavy (non-hydrogen) atoms. The van der Waals surface area contributed by atoms with Crippen molar-refractivity contribution in [3.05, 3.63) is 0 Å². The highest BCUT2D eigenvalue weighted by molar-refractivity contribution is 4.76. The van der Waals surface area contributed by atoms with Crippen LogP contribution >= 0.6 is 0 Å². The van der Waals surface area contributed by atoms with Gasteiger partial charge in [0.15, 0.2) is 0 Å². The van der Waals surface area contributed by atoms with Gasteiger partial charge >= 0.3 is 0 Å². The van der Waals surface area contributed by atoms with Crippen LogP contribution in [0.4, 0.5) is 0 Å². The topological polar surface area (TPSA) is 32.5 Å². The van der Waals surface area contributed by atoms with Crippen LogP contribution in [0.1, 0.15) is 33.6 Å². The van der Waals surface area contributed by atoms with Crippen molar-refractivity contribution in [1.82, 2.24) is 9.80 Å². The van der Waals surface area contributed by atoms with Crippen LogP contribution in [0.25, 0.3) is 0 Å². The van der Waals surface area contributed by atoms with E-state index < -0.39 is 0 Å². The lowest BCUT2D eigenvalue weighted by Crippen LogP contribution is -2.46. The van der Waals surface area contributed by atoms with Crippen molar-refractivity contribution in [2.75, 3.05) is 33.7 Å². The van der Waals surface area contributed by atoms with Crippen LogP contribution in [0.15, 0.2) is 0 Å². The molecule has 0 heterocycles. The Morgan fingerprint density at radius 2 is 1.73 bits per heavy atom. The molecule has 2 unspecified atom stereocenters. The van der Waals surface area contributed by atoms with Crippen LogP contribution in [-0.2, 0) is 0 Å². The largest absolute Gasteiger partial charge is 0.326 e. The molecule has 0 rings (SSSR count). The molecule has 0 aliphatic rings. The molecule has 0 aromatic heterocycles. The minimum absolute atomic E-state index is 0.310. The molecular formula is C12H29N3. The Hall–Kier alpha value is -0.120. The molecule has 0 radical (unpaired) electrons. The van der Waals surface area contributed by atoms with Crippen molar-refractivity contribution in [3.63, 3.8) is 0 Å². The Morgan fingerprint density at radius 1 is 1.13 bits per heavy atom. The van der Waals surface area contributed by atoms with E-state index in [1.807, 2.05) is 0 Å². The molecule has 3 nitrogen and oxygen atoms in total. The number of likely N-dealkylation sites (N-methyl/N-ethyl adjacent to an activating group) is 1. The SMILES string of the molecule is CCC(N)C(C)N(CC)CCCN(C)C. The summed E-state index contributed by atoms with van der Waals surface area (Å²) in [7, 11) is 4.25. The number of rotatable bonds is 8. The lowest BCUT2D eigenvalue weighted by molar-refractivity contribution is 0.182. The van der Waals surface area contributed by atoms with E-state index in [1.165, 1.54) is 6.42 Å². The van der Waals surface area contributed by atoms with Crippen molar-refractivity contribution in [1.29, 1.82) is 0 Å². The first-order valence-corrected chi connectivity index (χ1v) is 6.17. The van der Waals surface area contributed by atoms with Gasteiger partial charge in [0.25, 0.3) is 0 Å². The lowest BCUT2D eigenvalue weighted by Gasteiger charge is -2.32. The predicted octanol–water partition coefficient (Wildman–Crippen LogP) is 1.39. The fourth-order valence-corrected chi connectivity index (χ4v) is 1.85. The first-order valence-electron chi connectivity index (χ1n) is 6.17. The normalized spacial score (nSPS) is 16.0. The van der Waals surface area contributed by atoms with E-state index >= 15 is 0 Å². The maximum Gasteiger partial charge on any atom is 0.0218 e. The summed E-state index contributed by atoms with van der Waals surface area (Å²) in [4.78, 5) is 4.72. The third kappa shape index (κ3) is 6.13. The summed E-state index contributed by atoms with van der Waals surface area (Å²) < 4.78 is 0. The van der Waals surface area contributed by atoms with Crippen LogP contribution in [0.2, 0.25) is 0 Å². The van der Waals surface area contributed by atoms with E-state index in [4.69, 9.17) is 5.73 Å². The zero-order valence-corrected chi connectivity index (χ0v) is 11.2. The Labute approximate surface area is 95.6 Å². The average Bonchev–Trinajstić information content (AvgIpc) is 2.22. The molecule has 3 heteroatoms. The molecule has 0 bridgehead atoms. The molecule has 0 aliphatic carbocycles. The van der Waals surface area contributed by atoms with Gasteiger partial charge in [0, 0.05) is 12.1 Å². The standard InChI is InChI=1S/C12H29N3/c1-6-12(13)11(3)15(7-2)10-8-9-14(4)5/h11-12H,6-10,13H2,1-5H3. The van der Waals surface area contributed by atoms with Crippen molar-refractivity contribution < 1.29 is 0 Å². The third-order valence-electron chi connectivity index (χ3n) is 3.12. The molecule has 2 atom stereocenters. The minimum Gasteiger partial charge on any atom is -0.326 e. The Bertz CT molecular complexity index is 148. The zero-order valence-electron chi connectivity index (χ0n) is 11.2. The summed E-state index contributed by atoms with van der Waals surface area (Å²) >= 11 is 0. The summed E-state index contributed by atoms with van der Waals surface area (Å²) in [5, 5.41) is 0. The third-order valence-corrected chi connectivity index (χ3v) is 3.12. The highest BCUT2D eigenvalue weighted by atomic mass is 15.2. The number of nitrogens with zero attached hydrogens (tertiary/aromatic N) is 2. The first kappa shape index (κ1) is 14.9. The van der Waals surface area contributed by atoms with Gasteiger partial charge in [0.1, 0.15) is 0 Å². The molecule has 0 saturated heterocycles. The van der Waals surface area contributed by atoms with Crippen molar-refractivity contribution in [2.24, 2.45) is 5.73 Å². The van der Waals surface area contributed by atoms with Crippen LogP contribution in [-0.4, -0.2) is 55.6 Å². The van der Waals surface area contributed by atoms with Crippen LogP contribution < -0.4 is 5.73 Å². The van der Waals surface area contributed by atoms with Gasteiger partial charge in [-0.3, -0.25) is 4.90 Å². The molecule has 0 aromatic carbocycles. The lowest BCUT2D eigenvalue weighted by atomic mass is 10.1. The fourth-order valence-electron chi connectivity index (χ4n) is 1.85. The zero-order chi connectivity index (χ0) is 11.8. The van der Waals surface area contributed by atoms with Gasteiger partial charge in [-0.25, -0.2) is 0 Å². The van der Waals surface area contributed by atoms with Gasteiger partial charge in [-0.05, 0) is 53.5 Å². The second-order valence-electron chi connectivity index (χ2n) is 4.60. The maximum atomic E-state index is 6.07. The molecular weight excluding hydrogens is 186 g/mol. The minimum atomic E-state index is 0.310. The average molecular weight is 215 g/mol. The quantitative estimate of drug-likeness (QED) is 0.664. The van der Waals surface area contributed by atoms with Gasteiger partial charge in [-0.1, -0.05) is 13.8 Å². The van der Waals surface area contributed by atoms with Crippen LogP contribution in [0.3, 0.4) is 0 Å². The van der Waals surface area contributed by atoms with E-state index in [0.29, 0.717) is 12.1 Å². The highest BCUT2D eigenvalue weighted by Crippen LogP contribution is 2.06. The first-order chi connectivity index (χ1) is 7.02. The Kier molecular flexibility index (Phi) is 8.02. The number of hydrogen-bond acceptors (Lipinski definition) is 3. The van der Waals surface area contributed by atoms with Crippen LogP contribution in [0.5, 0.6) is 0 Å². The van der Waals surface area contributed by atoms with E-state index in [1.54, 1.807) is 0 Å². The number of hydrogen-bond donors (Lipinski definition) is 1. The van der Waals surface area contributed by atoms with E-state index in [9.17, 15) is 0 Å². The highest BCUT2D eigenvalue weighted by Gasteiger charge is 2.17. The van der Waals surface area contributed by atoms with E-state index in [2.05, 4.69) is 44.7 Å². The van der Waals surface area contributed by atoms with Crippen LogP contribution in [0, 0.1) is 0 Å². The number of nitrogens with two attached hydrogens (primary N) is 1. The molecule has 0 saturated carbocycles. The second kappa shape index (κ2) is 8.08. The van der Waals surface area contributed by atoms with Crippen molar-refractivity contribution in [3.8, 4) is 0 Å². The summed E-state index contributed by atoms with van der Waals surface area (Å²) in [6, 6.07) is 0.812. The second-order valence-corrected chi connectivity index (χ2v) is 4.60. The monoisotopic (exact) mass is 215 g/mol. The summed E-state index contributed by atoms with van der Waals surface area (Å²) in [5.41, 5.74) is 6.07. The predicted molar refractivity (Wildman–Crippen MR) is 68.1 cm³/mol. The maximum absolute atomic E-state index is 6.07. The smallest absolute Gasteiger partial charge is 0.0218 e. The van der Waals surface area contributed by atoms with Gasteiger partial charge in [-0.15, -0.1) is 0 Å². The van der Waals surface area contributed by atoms with Gasteiger partial charge in [-0.2, -0.15) is 0 Å². The molecule has 0 spiro atoms. The summed E-state index contributed by atoms with van der Waals surface area (Å²) in [6.07, 6.45) is 2.28. The molecule has 0 aromatic rings. The van der Waals surface area contributed by atoms with E-state index in [-0.39, 0.29) is 0 Å². The molecule has 0 aliphatic heterocycles. The molecule has 0 fully saturated rings. The van der Waals surface area contributed by atoms with Gasteiger partial charge < -0.3 is 10.6 Å². The van der Waals surface area contributed by atoms with Crippen molar-refractivity contribution >= 4 is 0 Å². The van der Waals surface area contributed by atoms with Crippen molar-refractivity contribution in [2.45, 2.75) is 45.7 Å². The molecule has 0 amide bonds. The van der Waals surface area contributed by atoms with Gasteiger partial charge in [0.05, 0.1) is 0 Å². The van der Waals surface area contributed by atoms with Gasteiger partial charge in [0.2, 0.25) is 0 Å². The fraction of sp³-hybridized carbons (Fsp3) is 1.00. The molecule has 2 N–H and O–H groups in total. The summed E-state index contributed by atoms with van der Waals surface area (Å²) in [6.45, 7) is 10.0. The van der Waals surface area contributed by atoms with E-state index in [0.717, 1.165) is 26.1 Å². The summed E-state index contributed by atoms with van der Waals surface area (Å²) in [5.74, 6) is 0. The Morgan fingerprint density at radius 3 is 2.13 bits per heavy atom. The Balaban J connectivity index is 3.90. The molecule has 92 valence electrons.